The average Bonchev–Trinajstić information content (AvgIpc) is 2.70. The molecule has 0 unspecified atom stereocenters. The highest BCUT2D eigenvalue weighted by atomic mass is 35.5. The van der Waals surface area contributed by atoms with Crippen molar-refractivity contribution < 1.29 is 4.74 Å². The van der Waals surface area contributed by atoms with Gasteiger partial charge in [0.15, 0.2) is 0 Å². The monoisotopic (exact) mass is 251 g/mol. The molecule has 0 saturated carbocycles. The molecule has 0 aliphatic carbocycles. The van der Waals surface area contributed by atoms with Crippen LogP contribution in [0.3, 0.4) is 0 Å². The Morgan fingerprint density at radius 2 is 2.12 bits per heavy atom. The Bertz CT molecular complexity index is 537. The van der Waals surface area contributed by atoms with E-state index in [9.17, 15) is 0 Å². The van der Waals surface area contributed by atoms with E-state index in [4.69, 9.17) is 16.3 Å². The second-order valence-corrected chi connectivity index (χ2v) is 4.04. The van der Waals surface area contributed by atoms with Gasteiger partial charge in [-0.15, -0.1) is 0 Å². The fraction of sp³-hybridized carbons (Fsp3) is 0.250. The summed E-state index contributed by atoms with van der Waals surface area (Å²) in [5, 5.41) is 7.95. The molecular weight excluding hydrogens is 238 g/mol. The molecule has 4 nitrogen and oxygen atoms in total. The van der Waals surface area contributed by atoms with E-state index in [1.165, 1.54) is 0 Å². The molecule has 0 amide bonds. The Morgan fingerprint density at radius 3 is 2.65 bits per heavy atom. The zero-order valence-corrected chi connectivity index (χ0v) is 10.7. The molecule has 0 aliphatic rings. The van der Waals surface area contributed by atoms with Crippen LogP contribution < -0.4 is 10.1 Å². The molecule has 2 rings (SSSR count). The third-order valence-corrected chi connectivity index (χ3v) is 2.90. The molecule has 0 aliphatic heterocycles. The van der Waals surface area contributed by atoms with E-state index in [1.807, 2.05) is 32.3 Å². The predicted molar refractivity (Wildman–Crippen MR) is 69.8 cm³/mol. The van der Waals surface area contributed by atoms with E-state index in [0.717, 1.165) is 22.8 Å². The van der Waals surface area contributed by atoms with Crippen LogP contribution in [0, 0.1) is 0 Å². The topological polar surface area (TPSA) is 39.1 Å². The summed E-state index contributed by atoms with van der Waals surface area (Å²) in [5.41, 5.74) is 1.89. The molecule has 1 heterocycles. The number of nitrogens with zero attached hydrogens (tertiary/aromatic N) is 2. The second kappa shape index (κ2) is 4.67. The largest absolute Gasteiger partial charge is 0.497 e. The summed E-state index contributed by atoms with van der Waals surface area (Å²) >= 11 is 6.23. The van der Waals surface area contributed by atoms with Gasteiger partial charge in [-0.2, -0.15) is 5.10 Å². The van der Waals surface area contributed by atoms with Crippen molar-refractivity contribution in [1.82, 2.24) is 9.78 Å². The summed E-state index contributed by atoms with van der Waals surface area (Å²) in [4.78, 5) is 0. The fourth-order valence-electron chi connectivity index (χ4n) is 1.67. The van der Waals surface area contributed by atoms with Gasteiger partial charge >= 0.3 is 0 Å². The normalized spacial score (nSPS) is 10.4. The third kappa shape index (κ3) is 2.22. The smallest absolute Gasteiger partial charge is 0.148 e. The number of hydrogen-bond acceptors (Lipinski definition) is 3. The van der Waals surface area contributed by atoms with Gasteiger partial charge < -0.3 is 10.1 Å². The number of hydrogen-bond donors (Lipinski definition) is 1. The average molecular weight is 252 g/mol. The maximum absolute atomic E-state index is 6.23. The standard InChI is InChI=1S/C12H14ClN3O/c1-14-12-7-11(16(2)15-12)9-5-4-8(17-3)6-10(9)13/h4-7H,1-3H3,(H,14,15). The highest BCUT2D eigenvalue weighted by Crippen LogP contribution is 2.31. The van der Waals surface area contributed by atoms with Crippen molar-refractivity contribution in [2.24, 2.45) is 7.05 Å². The molecule has 0 fully saturated rings. The Balaban J connectivity index is 2.48. The number of halogens is 1. The molecule has 0 radical (unpaired) electrons. The van der Waals surface area contributed by atoms with Crippen LogP contribution in [0.25, 0.3) is 11.3 Å². The van der Waals surface area contributed by atoms with Gasteiger partial charge in [-0.25, -0.2) is 0 Å². The first-order chi connectivity index (χ1) is 8.15. The SMILES string of the molecule is CNc1cc(-c2ccc(OC)cc2Cl)n(C)n1. The summed E-state index contributed by atoms with van der Waals surface area (Å²) < 4.78 is 6.91. The van der Waals surface area contributed by atoms with Gasteiger partial charge in [-0.1, -0.05) is 11.6 Å². The van der Waals surface area contributed by atoms with E-state index in [0.29, 0.717) is 5.02 Å². The van der Waals surface area contributed by atoms with Gasteiger partial charge in [0.2, 0.25) is 0 Å². The van der Waals surface area contributed by atoms with E-state index < -0.39 is 0 Å². The number of anilines is 1. The Hall–Kier alpha value is -1.68. The van der Waals surface area contributed by atoms with E-state index >= 15 is 0 Å². The van der Waals surface area contributed by atoms with Crippen molar-refractivity contribution in [3.8, 4) is 17.0 Å². The molecule has 90 valence electrons. The number of aromatic nitrogens is 2. The first-order valence-electron chi connectivity index (χ1n) is 5.21. The van der Waals surface area contributed by atoms with Crippen LogP contribution in [-0.2, 0) is 7.05 Å². The van der Waals surface area contributed by atoms with Crippen molar-refractivity contribution in [3.63, 3.8) is 0 Å². The molecule has 0 bridgehead atoms. The van der Waals surface area contributed by atoms with Crippen molar-refractivity contribution in [1.29, 1.82) is 0 Å². The van der Waals surface area contributed by atoms with E-state index in [2.05, 4.69) is 10.4 Å². The summed E-state index contributed by atoms with van der Waals surface area (Å²) in [5.74, 6) is 1.56. The summed E-state index contributed by atoms with van der Waals surface area (Å²) in [6.07, 6.45) is 0. The second-order valence-electron chi connectivity index (χ2n) is 3.63. The number of nitrogens with one attached hydrogen (secondary N) is 1. The lowest BCUT2D eigenvalue weighted by atomic mass is 10.1. The fourth-order valence-corrected chi connectivity index (χ4v) is 1.94. The molecule has 0 spiro atoms. The van der Waals surface area contributed by atoms with Crippen LogP contribution in [0.15, 0.2) is 24.3 Å². The van der Waals surface area contributed by atoms with E-state index in [-0.39, 0.29) is 0 Å². The minimum absolute atomic E-state index is 0.648. The molecule has 17 heavy (non-hydrogen) atoms. The molecule has 0 saturated heterocycles. The number of methoxy groups -OCH3 is 1. The van der Waals surface area contributed by atoms with Crippen LogP contribution >= 0.6 is 11.6 Å². The lowest BCUT2D eigenvalue weighted by Crippen LogP contribution is -1.95. The van der Waals surface area contributed by atoms with Gasteiger partial charge in [0.1, 0.15) is 11.6 Å². The maximum Gasteiger partial charge on any atom is 0.148 e. The van der Waals surface area contributed by atoms with Crippen molar-refractivity contribution >= 4 is 17.4 Å². The quantitative estimate of drug-likeness (QED) is 0.912. The number of rotatable bonds is 3. The minimum atomic E-state index is 0.648. The van der Waals surface area contributed by atoms with Gasteiger partial charge in [-0.05, 0) is 18.2 Å². The summed E-state index contributed by atoms with van der Waals surface area (Å²) in [6, 6.07) is 7.56. The molecule has 5 heteroatoms. The van der Waals surface area contributed by atoms with Gasteiger partial charge in [0.05, 0.1) is 17.8 Å². The molecule has 1 aromatic carbocycles. The molecule has 1 aromatic heterocycles. The molecule has 2 aromatic rings. The van der Waals surface area contributed by atoms with E-state index in [1.54, 1.807) is 17.9 Å². The lowest BCUT2D eigenvalue weighted by molar-refractivity contribution is 0.415. The lowest BCUT2D eigenvalue weighted by Gasteiger charge is -2.06. The van der Waals surface area contributed by atoms with Crippen molar-refractivity contribution in [2.75, 3.05) is 19.5 Å². The Morgan fingerprint density at radius 1 is 1.35 bits per heavy atom. The van der Waals surface area contributed by atoms with Gasteiger partial charge in [-0.3, -0.25) is 4.68 Å². The van der Waals surface area contributed by atoms with Gasteiger partial charge in [0, 0.05) is 25.7 Å². The Labute approximate surface area is 105 Å². The summed E-state index contributed by atoms with van der Waals surface area (Å²) in [6.45, 7) is 0. The highest BCUT2D eigenvalue weighted by Gasteiger charge is 2.10. The zero-order valence-electron chi connectivity index (χ0n) is 9.99. The van der Waals surface area contributed by atoms with Crippen LogP contribution in [-0.4, -0.2) is 23.9 Å². The first kappa shape index (κ1) is 11.8. The maximum atomic E-state index is 6.23. The van der Waals surface area contributed by atoms with Crippen molar-refractivity contribution in [3.05, 3.63) is 29.3 Å². The zero-order chi connectivity index (χ0) is 12.4. The van der Waals surface area contributed by atoms with Crippen LogP contribution in [0.5, 0.6) is 5.75 Å². The summed E-state index contributed by atoms with van der Waals surface area (Å²) in [7, 11) is 5.34. The third-order valence-electron chi connectivity index (χ3n) is 2.59. The first-order valence-corrected chi connectivity index (χ1v) is 5.59. The van der Waals surface area contributed by atoms with Crippen LogP contribution in [0.1, 0.15) is 0 Å². The number of aryl methyl sites for hydroxylation is 1. The number of ether oxygens (including phenoxy) is 1. The van der Waals surface area contributed by atoms with Gasteiger partial charge in [0.25, 0.3) is 0 Å². The minimum Gasteiger partial charge on any atom is -0.497 e. The Kier molecular flexibility index (Phi) is 3.24. The molecular formula is C12H14ClN3O. The molecule has 1 N–H and O–H groups in total. The molecule has 0 atom stereocenters. The van der Waals surface area contributed by atoms with Crippen molar-refractivity contribution in [2.45, 2.75) is 0 Å². The number of benzene rings is 1. The van der Waals surface area contributed by atoms with Crippen LogP contribution in [0.4, 0.5) is 5.82 Å². The predicted octanol–water partition coefficient (Wildman–Crippen LogP) is 2.79. The van der Waals surface area contributed by atoms with Crippen LogP contribution in [0.2, 0.25) is 5.02 Å². The highest BCUT2D eigenvalue weighted by molar-refractivity contribution is 6.33.